The third kappa shape index (κ3) is 2.01. The predicted molar refractivity (Wildman–Crippen MR) is 71.9 cm³/mol. The minimum atomic E-state index is -0.710. The summed E-state index contributed by atoms with van der Waals surface area (Å²) in [7, 11) is 0. The Labute approximate surface area is 107 Å². The summed E-state index contributed by atoms with van der Waals surface area (Å²) in [6.07, 6.45) is 3.41. The highest BCUT2D eigenvalue weighted by Gasteiger charge is 2.14. The largest absolute Gasteiger partial charge is 0.361 e. The lowest BCUT2D eigenvalue weighted by Crippen LogP contribution is -2.19. The van der Waals surface area contributed by atoms with Crippen LogP contribution < -0.4 is 11.0 Å². The van der Waals surface area contributed by atoms with Crippen molar-refractivity contribution in [1.82, 2.24) is 15.0 Å². The van der Waals surface area contributed by atoms with E-state index in [1.807, 2.05) is 18.3 Å². The Bertz CT molecular complexity index is 841. The van der Waals surface area contributed by atoms with Crippen molar-refractivity contribution in [2.75, 3.05) is 0 Å². The fourth-order valence-corrected chi connectivity index (χ4v) is 1.85. The van der Waals surface area contributed by atoms with Gasteiger partial charge in [0.2, 0.25) is 0 Å². The minimum absolute atomic E-state index is 0.185. The second kappa shape index (κ2) is 4.45. The van der Waals surface area contributed by atoms with Gasteiger partial charge in [-0.2, -0.15) is 0 Å². The quantitative estimate of drug-likeness (QED) is 0.478. The molecule has 19 heavy (non-hydrogen) atoms. The summed E-state index contributed by atoms with van der Waals surface area (Å²) >= 11 is 0. The van der Waals surface area contributed by atoms with Gasteiger partial charge in [-0.05, 0) is 23.6 Å². The highest BCUT2D eigenvalue weighted by Crippen LogP contribution is 2.09. The summed E-state index contributed by atoms with van der Waals surface area (Å²) in [5.74, 6) is 0. The third-order valence-corrected chi connectivity index (χ3v) is 2.77. The summed E-state index contributed by atoms with van der Waals surface area (Å²) in [5.41, 5.74) is 0.482. The molecule has 1 aromatic heterocycles. The van der Waals surface area contributed by atoms with Crippen molar-refractivity contribution in [3.63, 3.8) is 0 Å². The molecule has 1 N–H and O–H groups in total. The van der Waals surface area contributed by atoms with Crippen LogP contribution in [0, 0.1) is 0 Å². The van der Waals surface area contributed by atoms with Gasteiger partial charge in [0, 0.05) is 17.9 Å². The Kier molecular flexibility index (Phi) is 2.64. The average molecular weight is 251 g/mol. The van der Waals surface area contributed by atoms with Gasteiger partial charge in [0.15, 0.2) is 0 Å². The maximum absolute atomic E-state index is 10.8. The lowest BCUT2D eigenvalue weighted by molar-refractivity contribution is 1.30. The molecule has 2 aliphatic heterocycles. The molecule has 1 aromatic carbocycles. The Balaban J connectivity index is 0.000000117. The molecule has 5 nitrogen and oxygen atoms in total. The summed E-state index contributed by atoms with van der Waals surface area (Å²) in [6.45, 7) is 0. The van der Waals surface area contributed by atoms with Crippen molar-refractivity contribution in [3.05, 3.63) is 69.4 Å². The molecule has 0 bridgehead atoms. The summed E-state index contributed by atoms with van der Waals surface area (Å²) < 4.78 is 0. The summed E-state index contributed by atoms with van der Waals surface area (Å²) in [5, 5.41) is 1.28. The second-order valence-corrected chi connectivity index (χ2v) is 3.99. The zero-order chi connectivity index (χ0) is 13.2. The normalized spacial score (nSPS) is 10.5. The van der Waals surface area contributed by atoms with Gasteiger partial charge in [-0.15, -0.1) is 0 Å². The van der Waals surface area contributed by atoms with E-state index in [0.29, 0.717) is 5.69 Å². The number of fused-ring (bicyclic) bond motifs is 2. The van der Waals surface area contributed by atoms with Gasteiger partial charge in [0.1, 0.15) is 5.69 Å². The number of para-hydroxylation sites is 1. The predicted octanol–water partition coefficient (Wildman–Crippen LogP) is 1.35. The van der Waals surface area contributed by atoms with Gasteiger partial charge in [-0.3, -0.25) is 14.6 Å². The molecule has 5 heteroatoms. The fraction of sp³-hybridized carbons (Fsp3) is 0. The van der Waals surface area contributed by atoms with Crippen molar-refractivity contribution in [2.45, 2.75) is 0 Å². The fourth-order valence-electron chi connectivity index (χ4n) is 1.85. The van der Waals surface area contributed by atoms with Gasteiger partial charge in [0.25, 0.3) is 5.43 Å². The van der Waals surface area contributed by atoms with Crippen molar-refractivity contribution >= 4 is 10.9 Å². The topological polar surface area (TPSA) is 75.7 Å². The summed E-state index contributed by atoms with van der Waals surface area (Å²) in [4.78, 5) is 31.5. The maximum Gasteiger partial charge on any atom is 0.320 e. The van der Waals surface area contributed by atoms with Crippen LogP contribution in [0.2, 0.25) is 0 Å². The molecule has 0 atom stereocenters. The molecule has 2 aliphatic rings. The Morgan fingerprint density at radius 1 is 1.00 bits per heavy atom. The molecule has 2 aromatic rings. The van der Waals surface area contributed by atoms with E-state index in [0.717, 1.165) is 0 Å². The van der Waals surface area contributed by atoms with E-state index in [9.17, 15) is 9.59 Å². The van der Waals surface area contributed by atoms with Crippen LogP contribution >= 0.6 is 0 Å². The van der Waals surface area contributed by atoms with Gasteiger partial charge in [0.05, 0.1) is 5.69 Å². The number of rotatable bonds is 0. The van der Waals surface area contributed by atoms with Gasteiger partial charge in [-0.25, -0.2) is 4.98 Å². The van der Waals surface area contributed by atoms with Crippen LogP contribution in [0.3, 0.4) is 0 Å². The van der Waals surface area contributed by atoms with E-state index in [1.165, 1.54) is 23.2 Å². The lowest BCUT2D eigenvalue weighted by atomic mass is 10.3. The van der Waals surface area contributed by atoms with E-state index in [2.05, 4.69) is 33.2 Å². The van der Waals surface area contributed by atoms with Crippen molar-refractivity contribution < 1.29 is 0 Å². The van der Waals surface area contributed by atoms with Crippen LogP contribution in [0.1, 0.15) is 0 Å². The number of nitrogens with one attached hydrogen (secondary N) is 1. The minimum Gasteiger partial charge on any atom is -0.361 e. The smallest absolute Gasteiger partial charge is 0.320 e. The zero-order valence-electron chi connectivity index (χ0n) is 9.83. The van der Waals surface area contributed by atoms with Crippen LogP contribution in [0.5, 0.6) is 0 Å². The van der Waals surface area contributed by atoms with Crippen LogP contribution in [-0.2, 0) is 0 Å². The number of hydrogen-bond acceptors (Lipinski definition) is 4. The molecule has 0 radical (unpaired) electrons. The first-order valence-electron chi connectivity index (χ1n) is 5.70. The van der Waals surface area contributed by atoms with Crippen molar-refractivity contribution in [2.24, 2.45) is 0 Å². The lowest BCUT2D eigenvalue weighted by Gasteiger charge is -1.83. The number of aromatic nitrogens is 3. The standard InChI is InChI=1S/C8H7N.C6H2N2O2/c1-2-4-8-7(3-1)5-6-9-8;9-5-4-3(1-2-7-4)8-6(5)10/h1-6,9H;1-2H. The second-order valence-electron chi connectivity index (χ2n) is 3.99. The molecule has 0 spiro atoms. The maximum atomic E-state index is 10.8. The first kappa shape index (κ1) is 11.3. The molecule has 92 valence electrons. The number of nitrogens with zero attached hydrogens (tertiary/aromatic N) is 2. The number of aromatic amines is 1. The number of hydrogen-bond donors (Lipinski definition) is 1. The molecule has 4 rings (SSSR count). The highest BCUT2D eigenvalue weighted by atomic mass is 16.2. The highest BCUT2D eigenvalue weighted by molar-refractivity contribution is 5.78. The van der Waals surface area contributed by atoms with Crippen LogP contribution in [0.4, 0.5) is 0 Å². The molecule has 0 aliphatic carbocycles. The van der Waals surface area contributed by atoms with Crippen LogP contribution in [0.25, 0.3) is 22.3 Å². The molecule has 0 saturated carbocycles. The SMILES string of the molecule is O=c1nc2ccnc-2c1=O.c1ccc2[nH]ccc2c1. The molecule has 0 saturated heterocycles. The molecular formula is C14H9N3O2. The number of H-pyrrole nitrogens is 1. The molecule has 0 unspecified atom stereocenters. The molecular weight excluding hydrogens is 242 g/mol. The first-order valence-corrected chi connectivity index (χ1v) is 5.70. The van der Waals surface area contributed by atoms with Crippen LogP contribution in [-0.4, -0.2) is 15.0 Å². The number of benzene rings is 1. The van der Waals surface area contributed by atoms with Gasteiger partial charge in [-0.1, -0.05) is 18.2 Å². The molecule has 0 fully saturated rings. The van der Waals surface area contributed by atoms with E-state index in [4.69, 9.17) is 0 Å². The first-order chi connectivity index (χ1) is 9.25. The van der Waals surface area contributed by atoms with E-state index >= 15 is 0 Å². The average Bonchev–Trinajstić information content (AvgIpc) is 3.10. The van der Waals surface area contributed by atoms with Crippen LogP contribution in [0.15, 0.2) is 58.4 Å². The molecule has 0 amide bonds. The Hall–Kier alpha value is -2.82. The Morgan fingerprint density at radius 3 is 2.63 bits per heavy atom. The van der Waals surface area contributed by atoms with Crippen molar-refractivity contribution in [3.8, 4) is 11.4 Å². The monoisotopic (exact) mass is 251 g/mol. The van der Waals surface area contributed by atoms with Gasteiger partial charge < -0.3 is 4.98 Å². The molecule has 3 heterocycles. The van der Waals surface area contributed by atoms with E-state index in [1.54, 1.807) is 0 Å². The Morgan fingerprint density at radius 2 is 1.84 bits per heavy atom. The summed E-state index contributed by atoms with van der Waals surface area (Å²) in [6, 6.07) is 11.8. The van der Waals surface area contributed by atoms with Gasteiger partial charge >= 0.3 is 5.56 Å². The zero-order valence-corrected chi connectivity index (χ0v) is 9.83. The third-order valence-electron chi connectivity index (χ3n) is 2.77. The van der Waals surface area contributed by atoms with Crippen molar-refractivity contribution in [1.29, 1.82) is 0 Å². The van der Waals surface area contributed by atoms with E-state index < -0.39 is 11.0 Å². The van der Waals surface area contributed by atoms with E-state index in [-0.39, 0.29) is 5.69 Å².